The van der Waals surface area contributed by atoms with Crippen LogP contribution in [0.1, 0.15) is 20.3 Å². The second kappa shape index (κ2) is 10.2. The average molecular weight is 356 g/mol. The lowest BCUT2D eigenvalue weighted by Crippen LogP contribution is -2.34. The van der Waals surface area contributed by atoms with Crippen molar-refractivity contribution in [2.24, 2.45) is 5.92 Å². The van der Waals surface area contributed by atoms with Gasteiger partial charge in [-0.05, 0) is 38.9 Å². The van der Waals surface area contributed by atoms with E-state index in [1.807, 2.05) is 19.9 Å². The number of nitrogens with zero attached hydrogens (tertiary/aromatic N) is 1. The summed E-state index contributed by atoms with van der Waals surface area (Å²) in [5.41, 5.74) is 0.690. The quantitative estimate of drug-likeness (QED) is 0.783. The Hall–Kier alpha value is -1.79. The molecular formula is C17H26ClN3O3. The number of rotatable bonds is 7. The topological polar surface area (TPSA) is 70.7 Å². The Labute approximate surface area is 149 Å². The maximum atomic E-state index is 12.1. The van der Waals surface area contributed by atoms with Crippen molar-refractivity contribution in [2.75, 3.05) is 38.1 Å². The lowest BCUT2D eigenvalue weighted by Gasteiger charge is -2.18. The molecule has 0 aromatic heterocycles. The summed E-state index contributed by atoms with van der Waals surface area (Å²) in [6, 6.07) is 7.15. The van der Waals surface area contributed by atoms with E-state index in [2.05, 4.69) is 10.6 Å². The number of ether oxygens (including phenoxy) is 1. The van der Waals surface area contributed by atoms with Crippen molar-refractivity contribution >= 4 is 29.9 Å². The molecule has 0 bridgehead atoms. The first kappa shape index (κ1) is 20.3. The van der Waals surface area contributed by atoms with Crippen molar-refractivity contribution in [1.82, 2.24) is 10.2 Å². The molecule has 0 spiro atoms. The predicted molar refractivity (Wildman–Crippen MR) is 96.7 cm³/mol. The summed E-state index contributed by atoms with van der Waals surface area (Å²) in [5.74, 6) is 0.574. The van der Waals surface area contributed by atoms with Crippen LogP contribution in [-0.2, 0) is 9.59 Å². The van der Waals surface area contributed by atoms with Gasteiger partial charge in [0.05, 0.1) is 5.92 Å². The van der Waals surface area contributed by atoms with E-state index < -0.39 is 0 Å². The minimum Gasteiger partial charge on any atom is -0.484 e. The van der Waals surface area contributed by atoms with Gasteiger partial charge in [-0.3, -0.25) is 9.59 Å². The molecule has 6 nitrogen and oxygen atoms in total. The summed E-state index contributed by atoms with van der Waals surface area (Å²) in [4.78, 5) is 25.8. The number of amides is 2. The van der Waals surface area contributed by atoms with Gasteiger partial charge in [-0.15, -0.1) is 12.4 Å². The largest absolute Gasteiger partial charge is 0.484 e. The number of carbonyl (C=O) groups excluding carboxylic acids is 2. The summed E-state index contributed by atoms with van der Waals surface area (Å²) >= 11 is 0. The van der Waals surface area contributed by atoms with Crippen molar-refractivity contribution in [3.63, 3.8) is 0 Å². The minimum absolute atomic E-state index is 0. The first-order chi connectivity index (χ1) is 11.1. The number of anilines is 1. The molecule has 0 saturated carbocycles. The van der Waals surface area contributed by atoms with Crippen LogP contribution in [0.3, 0.4) is 0 Å². The molecule has 24 heavy (non-hydrogen) atoms. The fourth-order valence-electron chi connectivity index (χ4n) is 2.60. The smallest absolute Gasteiger partial charge is 0.260 e. The van der Waals surface area contributed by atoms with Crippen LogP contribution in [0.2, 0.25) is 0 Å². The first-order valence-corrected chi connectivity index (χ1v) is 8.16. The predicted octanol–water partition coefficient (Wildman–Crippen LogP) is 1.90. The monoisotopic (exact) mass is 355 g/mol. The van der Waals surface area contributed by atoms with Crippen molar-refractivity contribution in [2.45, 2.75) is 20.3 Å². The maximum Gasteiger partial charge on any atom is 0.260 e. The van der Waals surface area contributed by atoms with Gasteiger partial charge in [0, 0.05) is 31.4 Å². The highest BCUT2D eigenvalue weighted by Crippen LogP contribution is 2.19. The van der Waals surface area contributed by atoms with Gasteiger partial charge in [-0.1, -0.05) is 6.07 Å². The average Bonchev–Trinajstić information content (AvgIpc) is 3.09. The second-order valence-electron chi connectivity index (χ2n) is 5.56. The molecule has 2 rings (SSSR count). The third-order valence-electron chi connectivity index (χ3n) is 4.01. The molecule has 134 valence electrons. The van der Waals surface area contributed by atoms with E-state index in [1.165, 1.54) is 0 Å². The molecule has 2 N–H and O–H groups in total. The van der Waals surface area contributed by atoms with E-state index in [-0.39, 0.29) is 36.7 Å². The molecule has 1 aliphatic rings. The van der Waals surface area contributed by atoms with Crippen LogP contribution in [0, 0.1) is 5.92 Å². The molecule has 7 heteroatoms. The van der Waals surface area contributed by atoms with E-state index in [0.717, 1.165) is 19.5 Å². The van der Waals surface area contributed by atoms with Crippen LogP contribution in [0.4, 0.5) is 5.69 Å². The summed E-state index contributed by atoms with van der Waals surface area (Å²) in [6.45, 7) is 6.83. The summed E-state index contributed by atoms with van der Waals surface area (Å²) < 4.78 is 5.55. The molecule has 1 saturated heterocycles. The SMILES string of the molecule is CCN(CC)C(=O)COc1cccc(NC(=O)C2CCNC2)c1.Cl. The molecule has 1 heterocycles. The third-order valence-corrected chi connectivity index (χ3v) is 4.01. The van der Waals surface area contributed by atoms with Gasteiger partial charge in [0.15, 0.2) is 6.61 Å². The van der Waals surface area contributed by atoms with Gasteiger partial charge in [-0.2, -0.15) is 0 Å². The van der Waals surface area contributed by atoms with Crippen LogP contribution in [0.5, 0.6) is 5.75 Å². The normalized spacial score (nSPS) is 16.2. The van der Waals surface area contributed by atoms with Crippen LogP contribution >= 0.6 is 12.4 Å². The first-order valence-electron chi connectivity index (χ1n) is 8.16. The van der Waals surface area contributed by atoms with Crippen LogP contribution in [0.25, 0.3) is 0 Å². The van der Waals surface area contributed by atoms with Crippen LogP contribution < -0.4 is 15.4 Å². The zero-order chi connectivity index (χ0) is 16.7. The molecule has 0 aliphatic carbocycles. The Morgan fingerprint density at radius 3 is 2.71 bits per heavy atom. The Kier molecular flexibility index (Phi) is 8.57. The summed E-state index contributed by atoms with van der Waals surface area (Å²) in [5, 5.41) is 6.08. The van der Waals surface area contributed by atoms with Crippen molar-refractivity contribution in [1.29, 1.82) is 0 Å². The maximum absolute atomic E-state index is 12.1. The van der Waals surface area contributed by atoms with E-state index in [9.17, 15) is 9.59 Å². The molecule has 2 amide bonds. The van der Waals surface area contributed by atoms with Gasteiger partial charge in [-0.25, -0.2) is 0 Å². The Balaban J connectivity index is 0.00000288. The molecule has 1 aromatic carbocycles. The number of hydrogen-bond acceptors (Lipinski definition) is 4. The molecule has 1 fully saturated rings. The molecular weight excluding hydrogens is 330 g/mol. The van der Waals surface area contributed by atoms with Gasteiger partial charge in [0.25, 0.3) is 5.91 Å². The van der Waals surface area contributed by atoms with Gasteiger partial charge in [0.2, 0.25) is 5.91 Å². The van der Waals surface area contributed by atoms with Crippen molar-refractivity contribution in [3.05, 3.63) is 24.3 Å². The molecule has 1 aromatic rings. The van der Waals surface area contributed by atoms with Crippen molar-refractivity contribution < 1.29 is 14.3 Å². The molecule has 0 radical (unpaired) electrons. The number of benzene rings is 1. The van der Waals surface area contributed by atoms with Crippen LogP contribution in [-0.4, -0.2) is 49.5 Å². The van der Waals surface area contributed by atoms with E-state index in [0.29, 0.717) is 24.5 Å². The standard InChI is InChI=1S/C17H25N3O3.ClH/c1-3-20(4-2)16(21)12-23-15-7-5-6-14(10-15)19-17(22)13-8-9-18-11-13;/h5-7,10,13,18H,3-4,8-9,11-12H2,1-2H3,(H,19,22);1H. The number of carbonyl (C=O) groups is 2. The zero-order valence-corrected chi connectivity index (χ0v) is 15.0. The Morgan fingerprint density at radius 2 is 2.08 bits per heavy atom. The van der Waals surface area contributed by atoms with Gasteiger partial charge < -0.3 is 20.3 Å². The van der Waals surface area contributed by atoms with Crippen LogP contribution in [0.15, 0.2) is 24.3 Å². The Bertz CT molecular complexity index is 544. The van der Waals surface area contributed by atoms with Gasteiger partial charge >= 0.3 is 0 Å². The number of nitrogens with one attached hydrogen (secondary N) is 2. The highest BCUT2D eigenvalue weighted by atomic mass is 35.5. The summed E-state index contributed by atoms with van der Waals surface area (Å²) in [7, 11) is 0. The second-order valence-corrected chi connectivity index (χ2v) is 5.56. The molecule has 1 atom stereocenters. The highest BCUT2D eigenvalue weighted by Gasteiger charge is 2.22. The number of likely N-dealkylation sites (N-methyl/N-ethyl adjacent to an activating group) is 1. The fourth-order valence-corrected chi connectivity index (χ4v) is 2.60. The minimum atomic E-state index is -0.0403. The summed E-state index contributed by atoms with van der Waals surface area (Å²) in [6.07, 6.45) is 0.862. The fraction of sp³-hybridized carbons (Fsp3) is 0.529. The zero-order valence-electron chi connectivity index (χ0n) is 14.2. The lowest BCUT2D eigenvalue weighted by molar-refractivity contribution is -0.133. The van der Waals surface area contributed by atoms with Gasteiger partial charge in [0.1, 0.15) is 5.75 Å². The molecule has 1 unspecified atom stereocenters. The van der Waals surface area contributed by atoms with Crippen molar-refractivity contribution in [3.8, 4) is 5.75 Å². The third kappa shape index (κ3) is 5.69. The highest BCUT2D eigenvalue weighted by molar-refractivity contribution is 5.93. The van der Waals surface area contributed by atoms with E-state index >= 15 is 0 Å². The van der Waals surface area contributed by atoms with E-state index in [4.69, 9.17) is 4.74 Å². The molecule has 1 aliphatic heterocycles. The van der Waals surface area contributed by atoms with E-state index in [1.54, 1.807) is 23.1 Å². The number of halogens is 1. The number of hydrogen-bond donors (Lipinski definition) is 2. The Morgan fingerprint density at radius 1 is 1.33 bits per heavy atom. The lowest BCUT2D eigenvalue weighted by atomic mass is 10.1.